The van der Waals surface area contributed by atoms with Gasteiger partial charge in [0.1, 0.15) is 11.3 Å². The monoisotopic (exact) mass is 517 g/mol. The van der Waals surface area contributed by atoms with Crippen LogP contribution in [0.1, 0.15) is 34.3 Å². The van der Waals surface area contributed by atoms with Gasteiger partial charge in [0.2, 0.25) is 0 Å². The van der Waals surface area contributed by atoms with E-state index in [1.165, 1.54) is 43.3 Å². The number of allylic oxidation sites excluding steroid dienone is 2. The molecule has 2 aromatic heterocycles. The van der Waals surface area contributed by atoms with Gasteiger partial charge in [0.25, 0.3) is 0 Å². The van der Waals surface area contributed by atoms with Crippen LogP contribution in [0.2, 0.25) is 0 Å². The Morgan fingerprint density at radius 1 is 0.917 bits per heavy atom. The van der Waals surface area contributed by atoms with Gasteiger partial charge in [-0.3, -0.25) is 0 Å². The molecule has 0 amide bonds. The fourth-order valence-electron chi connectivity index (χ4n) is 4.61. The first kappa shape index (κ1) is 24.2. The molecule has 0 saturated carbocycles. The van der Waals surface area contributed by atoms with Gasteiger partial charge in [-0.25, -0.2) is 0 Å². The molecule has 2 aromatic carbocycles. The molecule has 0 aliphatic heterocycles. The summed E-state index contributed by atoms with van der Waals surface area (Å²) in [5, 5.41) is 9.06. The Kier molecular flexibility index (Phi) is 5.38. The molecule has 2 nitrogen and oxygen atoms in total. The van der Waals surface area contributed by atoms with Crippen LogP contribution in [0.15, 0.2) is 59.0 Å². The molecule has 0 spiro atoms. The molecular weight excluding hydrogens is 500 g/mol. The summed E-state index contributed by atoms with van der Waals surface area (Å²) in [4.78, 5) is 0.599. The molecule has 9 heteroatoms. The molecule has 0 saturated heterocycles. The van der Waals surface area contributed by atoms with Crippen LogP contribution >= 0.6 is 11.3 Å². The van der Waals surface area contributed by atoms with Crippen LogP contribution in [0.3, 0.4) is 0 Å². The molecule has 0 fully saturated rings. The first-order valence-corrected chi connectivity index (χ1v) is 11.8. The number of hydrogen-bond donors (Lipinski definition) is 0. The van der Waals surface area contributed by atoms with Crippen LogP contribution in [-0.4, -0.2) is 17.8 Å². The van der Waals surface area contributed by atoms with Crippen molar-refractivity contribution >= 4 is 33.5 Å². The topological polar surface area (TPSA) is 36.9 Å². The third kappa shape index (κ3) is 3.17. The Bertz CT molecular complexity index is 1570. The van der Waals surface area contributed by atoms with Crippen molar-refractivity contribution in [3.05, 3.63) is 81.9 Å². The maximum atomic E-state index is 15.4. The molecule has 5 rings (SSSR count). The second-order valence-electron chi connectivity index (χ2n) is 8.49. The molecule has 0 bridgehead atoms. The zero-order valence-electron chi connectivity index (χ0n) is 18.9. The summed E-state index contributed by atoms with van der Waals surface area (Å²) in [5.41, 5.74) is -2.54. The molecule has 36 heavy (non-hydrogen) atoms. The first-order chi connectivity index (χ1) is 17.0. The van der Waals surface area contributed by atoms with E-state index in [-0.39, 0.29) is 33.6 Å². The third-order valence-electron chi connectivity index (χ3n) is 6.39. The quantitative estimate of drug-likeness (QED) is 0.254. The maximum Gasteiger partial charge on any atom is 0.380 e. The zero-order chi connectivity index (χ0) is 26.0. The number of nitrogens with zero attached hydrogens (tertiary/aromatic N) is 1. The molecule has 0 N–H and O–H groups in total. The van der Waals surface area contributed by atoms with Gasteiger partial charge in [-0.1, -0.05) is 37.3 Å². The number of alkyl halides is 6. The Hall–Kier alpha value is -3.51. The second kappa shape index (κ2) is 8.00. The highest BCUT2D eigenvalue weighted by Crippen LogP contribution is 2.66. The van der Waals surface area contributed by atoms with E-state index in [0.29, 0.717) is 16.0 Å². The minimum absolute atomic E-state index is 0.0348. The fraction of sp³-hybridized carbons (Fsp3) is 0.222. The van der Waals surface area contributed by atoms with Gasteiger partial charge in [-0.2, -0.15) is 31.6 Å². The number of nitriles is 1. The number of rotatable bonds is 4. The first-order valence-electron chi connectivity index (χ1n) is 11.0. The molecular formula is C27H17F6NOS. The summed E-state index contributed by atoms with van der Waals surface area (Å²) in [5.74, 6) is -16.0. The molecule has 2 heterocycles. The summed E-state index contributed by atoms with van der Waals surface area (Å²) >= 11 is 1.02. The standard InChI is InChI=1S/C27H17F6NOS/c1-3-19-22(17-6-4-5-7-20(17)35-19)24-23(25(28,29)27(32,33)26(24,30)31)18-12-21(36-14(18)2)16-10-8-15(13-34)9-11-16/h4-12H,3H2,1-2H3. The molecule has 0 radical (unpaired) electrons. The number of furan rings is 1. The van der Waals surface area contributed by atoms with Crippen LogP contribution in [-0.2, 0) is 6.42 Å². The smallest absolute Gasteiger partial charge is 0.380 e. The predicted molar refractivity (Wildman–Crippen MR) is 126 cm³/mol. The lowest BCUT2D eigenvalue weighted by Gasteiger charge is -2.25. The summed E-state index contributed by atoms with van der Waals surface area (Å²) in [6.07, 6.45) is 0.0348. The van der Waals surface area contributed by atoms with Crippen LogP contribution in [0.25, 0.3) is 32.6 Å². The van der Waals surface area contributed by atoms with Crippen molar-refractivity contribution in [2.24, 2.45) is 0 Å². The number of hydrogen-bond acceptors (Lipinski definition) is 3. The molecule has 1 aliphatic rings. The van der Waals surface area contributed by atoms with Gasteiger partial charge in [0.15, 0.2) is 0 Å². The third-order valence-corrected chi connectivity index (χ3v) is 7.49. The van der Waals surface area contributed by atoms with Gasteiger partial charge in [0, 0.05) is 38.3 Å². The molecule has 184 valence electrons. The average molecular weight is 517 g/mol. The van der Waals surface area contributed by atoms with E-state index in [2.05, 4.69) is 0 Å². The molecule has 1 aliphatic carbocycles. The van der Waals surface area contributed by atoms with Crippen molar-refractivity contribution in [2.75, 3.05) is 0 Å². The fourth-order valence-corrected chi connectivity index (χ4v) is 5.64. The SMILES string of the molecule is CCc1oc2ccccc2c1C1=C(c2cc(-c3ccc(C#N)cc3)sc2C)C(F)(F)C(F)(F)C1(F)F. The van der Waals surface area contributed by atoms with Gasteiger partial charge in [-0.05, 0) is 42.3 Å². The van der Waals surface area contributed by atoms with E-state index < -0.39 is 34.5 Å². The molecule has 0 atom stereocenters. The highest BCUT2D eigenvalue weighted by atomic mass is 32.1. The Morgan fingerprint density at radius 3 is 2.19 bits per heavy atom. The lowest BCUT2D eigenvalue weighted by atomic mass is 9.92. The number of benzene rings is 2. The number of para-hydroxylation sites is 1. The lowest BCUT2D eigenvalue weighted by Crippen LogP contribution is -2.48. The van der Waals surface area contributed by atoms with Crippen molar-refractivity contribution in [1.82, 2.24) is 0 Å². The number of thiophene rings is 1. The van der Waals surface area contributed by atoms with Crippen LogP contribution in [0.4, 0.5) is 26.3 Å². The zero-order valence-corrected chi connectivity index (χ0v) is 19.8. The highest BCUT2D eigenvalue weighted by molar-refractivity contribution is 7.15. The lowest BCUT2D eigenvalue weighted by molar-refractivity contribution is -0.254. The highest BCUT2D eigenvalue weighted by Gasteiger charge is 2.80. The Balaban J connectivity index is 1.84. The van der Waals surface area contributed by atoms with Crippen molar-refractivity contribution < 1.29 is 30.8 Å². The van der Waals surface area contributed by atoms with Crippen LogP contribution in [0, 0.1) is 18.3 Å². The predicted octanol–water partition coefficient (Wildman–Crippen LogP) is 8.73. The Labute approximate surface area is 206 Å². The number of aryl methyl sites for hydroxylation is 2. The second-order valence-corrected chi connectivity index (χ2v) is 9.75. The maximum absolute atomic E-state index is 15.4. The van der Waals surface area contributed by atoms with Gasteiger partial charge in [-0.15, -0.1) is 11.3 Å². The van der Waals surface area contributed by atoms with Gasteiger partial charge in [0.05, 0.1) is 11.6 Å². The summed E-state index contributed by atoms with van der Waals surface area (Å²) in [6, 6.07) is 15.3. The summed E-state index contributed by atoms with van der Waals surface area (Å²) in [7, 11) is 0. The van der Waals surface area contributed by atoms with Crippen molar-refractivity contribution in [3.63, 3.8) is 0 Å². The Morgan fingerprint density at radius 2 is 1.56 bits per heavy atom. The minimum atomic E-state index is -5.66. The van der Waals surface area contributed by atoms with E-state index >= 15 is 17.6 Å². The summed E-state index contributed by atoms with van der Waals surface area (Å²) in [6.45, 7) is 3.00. The largest absolute Gasteiger partial charge is 0.460 e. The van der Waals surface area contributed by atoms with E-state index in [9.17, 15) is 8.78 Å². The van der Waals surface area contributed by atoms with Gasteiger partial charge < -0.3 is 4.42 Å². The summed E-state index contributed by atoms with van der Waals surface area (Å²) < 4.78 is 96.9. The average Bonchev–Trinajstić information content (AvgIpc) is 3.44. The number of halogens is 6. The normalized spacial score (nSPS) is 18.1. The molecule has 0 unspecified atom stereocenters. The van der Waals surface area contributed by atoms with E-state index in [0.717, 1.165) is 11.3 Å². The van der Waals surface area contributed by atoms with Crippen LogP contribution < -0.4 is 0 Å². The van der Waals surface area contributed by atoms with Crippen molar-refractivity contribution in [3.8, 4) is 16.5 Å². The molecule has 4 aromatic rings. The van der Waals surface area contributed by atoms with E-state index in [1.807, 2.05) is 6.07 Å². The van der Waals surface area contributed by atoms with E-state index in [1.54, 1.807) is 25.1 Å². The number of fused-ring (bicyclic) bond motifs is 1. The van der Waals surface area contributed by atoms with E-state index in [4.69, 9.17) is 9.68 Å². The van der Waals surface area contributed by atoms with Crippen LogP contribution in [0.5, 0.6) is 0 Å². The minimum Gasteiger partial charge on any atom is -0.460 e. The van der Waals surface area contributed by atoms with Crippen molar-refractivity contribution in [1.29, 1.82) is 5.26 Å². The van der Waals surface area contributed by atoms with Crippen molar-refractivity contribution in [2.45, 2.75) is 38.0 Å². The van der Waals surface area contributed by atoms with Gasteiger partial charge >= 0.3 is 17.8 Å².